The third-order valence-electron chi connectivity index (χ3n) is 3.19. The van der Waals surface area contributed by atoms with E-state index in [4.69, 9.17) is 0 Å². The van der Waals surface area contributed by atoms with E-state index in [1.165, 1.54) is 21.9 Å². The van der Waals surface area contributed by atoms with Crippen LogP contribution in [0.3, 0.4) is 0 Å². The molecule has 1 N–H and O–H groups in total. The molecule has 0 saturated heterocycles. The summed E-state index contributed by atoms with van der Waals surface area (Å²) in [6, 6.07) is 9.58. The Morgan fingerprint density at radius 1 is 1.25 bits per heavy atom. The molecule has 0 amide bonds. The molecule has 1 nitrogen and oxygen atoms in total. The van der Waals surface area contributed by atoms with Crippen LogP contribution in [0.25, 0.3) is 10.4 Å². The lowest BCUT2D eigenvalue weighted by Gasteiger charge is -2.15. The lowest BCUT2D eigenvalue weighted by molar-refractivity contribution is 0.516. The largest absolute Gasteiger partial charge is 0.310 e. The molecule has 0 saturated carbocycles. The molecule has 0 bridgehead atoms. The smallest absolute Gasteiger partial charge is 0.124 e. The minimum atomic E-state index is -0.214. The van der Waals surface area contributed by atoms with Gasteiger partial charge in [-0.1, -0.05) is 36.2 Å². The Balaban J connectivity index is 2.27. The highest BCUT2D eigenvalue weighted by molar-refractivity contribution is 9.10. The highest BCUT2D eigenvalue weighted by Gasteiger charge is 2.14. The number of thiophene rings is 1. The van der Waals surface area contributed by atoms with Gasteiger partial charge in [0.15, 0.2) is 0 Å². The van der Waals surface area contributed by atoms with Gasteiger partial charge in [-0.15, -0.1) is 11.3 Å². The van der Waals surface area contributed by atoms with E-state index in [0.29, 0.717) is 6.04 Å². The van der Waals surface area contributed by atoms with E-state index in [9.17, 15) is 4.39 Å². The average molecular weight is 356 g/mol. The molecule has 0 aliphatic heterocycles. The molecule has 0 aliphatic carbocycles. The molecule has 2 aromatic rings. The van der Waals surface area contributed by atoms with Crippen LogP contribution in [-0.2, 0) is 0 Å². The fraction of sp³-hybridized carbons (Fsp3) is 0.375. The van der Waals surface area contributed by atoms with Crippen LogP contribution in [0.1, 0.15) is 37.6 Å². The van der Waals surface area contributed by atoms with E-state index >= 15 is 0 Å². The Morgan fingerprint density at radius 3 is 2.70 bits per heavy atom. The monoisotopic (exact) mass is 355 g/mol. The number of benzene rings is 1. The quantitative estimate of drug-likeness (QED) is 0.693. The molecule has 0 spiro atoms. The van der Waals surface area contributed by atoms with Gasteiger partial charge in [0.05, 0.1) is 0 Å². The van der Waals surface area contributed by atoms with Crippen LogP contribution >= 0.6 is 27.3 Å². The molecular weight excluding hydrogens is 337 g/mol. The van der Waals surface area contributed by atoms with Gasteiger partial charge in [0.2, 0.25) is 0 Å². The third-order valence-corrected chi connectivity index (χ3v) is 5.08. The second-order valence-corrected chi connectivity index (χ2v) is 6.69. The molecule has 2 rings (SSSR count). The van der Waals surface area contributed by atoms with Crippen molar-refractivity contribution in [2.45, 2.75) is 32.7 Å². The summed E-state index contributed by atoms with van der Waals surface area (Å²) in [4.78, 5) is 2.52. The van der Waals surface area contributed by atoms with Gasteiger partial charge in [0.1, 0.15) is 5.82 Å². The SMILES string of the molecule is CCCC(NCC)c1ccc(-c2ccc(F)cc2Br)s1. The molecule has 0 aliphatic rings. The van der Waals surface area contributed by atoms with E-state index < -0.39 is 0 Å². The van der Waals surface area contributed by atoms with Crippen molar-refractivity contribution >= 4 is 27.3 Å². The summed E-state index contributed by atoms with van der Waals surface area (Å²) in [6.07, 6.45) is 2.30. The lowest BCUT2D eigenvalue weighted by Crippen LogP contribution is -2.19. The first kappa shape index (κ1) is 15.7. The minimum absolute atomic E-state index is 0.214. The van der Waals surface area contributed by atoms with Crippen molar-refractivity contribution in [3.05, 3.63) is 45.5 Å². The normalized spacial score (nSPS) is 12.6. The molecule has 108 valence electrons. The lowest BCUT2D eigenvalue weighted by atomic mass is 10.1. The first-order valence-corrected chi connectivity index (χ1v) is 8.55. The summed E-state index contributed by atoms with van der Waals surface area (Å²) in [6.45, 7) is 5.31. The topological polar surface area (TPSA) is 12.0 Å². The predicted molar refractivity (Wildman–Crippen MR) is 88.7 cm³/mol. The molecule has 1 unspecified atom stereocenters. The molecule has 0 fully saturated rings. The average Bonchev–Trinajstić information content (AvgIpc) is 2.88. The van der Waals surface area contributed by atoms with Crippen molar-refractivity contribution in [2.24, 2.45) is 0 Å². The van der Waals surface area contributed by atoms with Crippen molar-refractivity contribution in [3.8, 4) is 10.4 Å². The maximum Gasteiger partial charge on any atom is 0.124 e. The maximum atomic E-state index is 13.2. The standard InChI is InChI=1S/C16H19BrFNS/c1-3-5-14(19-4-2)16-9-8-15(20-16)12-7-6-11(18)10-13(12)17/h6-10,14,19H,3-5H2,1-2H3. The Hall–Kier alpha value is -0.710. The van der Waals surface area contributed by atoms with E-state index in [2.05, 4.69) is 47.2 Å². The minimum Gasteiger partial charge on any atom is -0.310 e. The number of hydrogen-bond donors (Lipinski definition) is 1. The van der Waals surface area contributed by atoms with Crippen LogP contribution in [0, 0.1) is 5.82 Å². The molecule has 4 heteroatoms. The summed E-state index contributed by atoms with van der Waals surface area (Å²) in [5, 5.41) is 3.53. The van der Waals surface area contributed by atoms with Gasteiger partial charge in [-0.05, 0) is 43.3 Å². The third kappa shape index (κ3) is 3.68. The van der Waals surface area contributed by atoms with Crippen molar-refractivity contribution in [1.82, 2.24) is 5.32 Å². The number of nitrogens with one attached hydrogen (secondary N) is 1. The van der Waals surface area contributed by atoms with E-state index in [1.54, 1.807) is 11.3 Å². The van der Waals surface area contributed by atoms with Crippen LogP contribution in [-0.4, -0.2) is 6.54 Å². The zero-order chi connectivity index (χ0) is 14.5. The van der Waals surface area contributed by atoms with Crippen molar-refractivity contribution in [3.63, 3.8) is 0 Å². The van der Waals surface area contributed by atoms with Gasteiger partial charge in [-0.2, -0.15) is 0 Å². The first-order chi connectivity index (χ1) is 9.65. The summed E-state index contributed by atoms with van der Waals surface area (Å²) >= 11 is 5.22. The van der Waals surface area contributed by atoms with Crippen LogP contribution in [0.15, 0.2) is 34.8 Å². The van der Waals surface area contributed by atoms with E-state index in [-0.39, 0.29) is 5.82 Å². The molecule has 1 aromatic heterocycles. The Kier molecular flexibility index (Phi) is 5.75. The second kappa shape index (κ2) is 7.34. The number of halogens is 2. The molecule has 1 aromatic carbocycles. The summed E-state index contributed by atoms with van der Waals surface area (Å²) in [5.41, 5.74) is 1.05. The Morgan fingerprint density at radius 2 is 2.05 bits per heavy atom. The summed E-state index contributed by atoms with van der Waals surface area (Å²) in [5.74, 6) is -0.214. The number of rotatable bonds is 6. The zero-order valence-electron chi connectivity index (χ0n) is 11.7. The molecule has 0 radical (unpaired) electrons. The molecular formula is C16H19BrFNS. The van der Waals surface area contributed by atoms with Gasteiger partial charge >= 0.3 is 0 Å². The van der Waals surface area contributed by atoms with Crippen LogP contribution < -0.4 is 5.32 Å². The molecule has 20 heavy (non-hydrogen) atoms. The van der Waals surface area contributed by atoms with Crippen molar-refractivity contribution in [2.75, 3.05) is 6.54 Å². The van der Waals surface area contributed by atoms with Gasteiger partial charge in [0, 0.05) is 25.8 Å². The second-order valence-electron chi connectivity index (χ2n) is 4.73. The fourth-order valence-electron chi connectivity index (χ4n) is 2.25. The first-order valence-electron chi connectivity index (χ1n) is 6.94. The summed E-state index contributed by atoms with van der Waals surface area (Å²) in [7, 11) is 0. The summed E-state index contributed by atoms with van der Waals surface area (Å²) < 4.78 is 14.0. The van der Waals surface area contributed by atoms with Gasteiger partial charge in [-0.3, -0.25) is 0 Å². The highest BCUT2D eigenvalue weighted by Crippen LogP contribution is 2.36. The van der Waals surface area contributed by atoms with E-state index in [1.807, 2.05) is 6.07 Å². The van der Waals surface area contributed by atoms with Crippen LogP contribution in [0.5, 0.6) is 0 Å². The predicted octanol–water partition coefficient (Wildman–Crippen LogP) is 5.77. The molecule has 1 heterocycles. The Bertz CT molecular complexity index is 561. The van der Waals surface area contributed by atoms with Crippen molar-refractivity contribution in [1.29, 1.82) is 0 Å². The maximum absolute atomic E-state index is 13.2. The van der Waals surface area contributed by atoms with Crippen molar-refractivity contribution < 1.29 is 4.39 Å². The van der Waals surface area contributed by atoms with Gasteiger partial charge < -0.3 is 5.32 Å². The van der Waals surface area contributed by atoms with Gasteiger partial charge in [0.25, 0.3) is 0 Å². The van der Waals surface area contributed by atoms with Crippen LogP contribution in [0.4, 0.5) is 4.39 Å². The highest BCUT2D eigenvalue weighted by atomic mass is 79.9. The number of hydrogen-bond acceptors (Lipinski definition) is 2. The molecule has 1 atom stereocenters. The Labute approximate surface area is 132 Å². The fourth-order valence-corrected chi connectivity index (χ4v) is 4.11. The van der Waals surface area contributed by atoms with Gasteiger partial charge in [-0.25, -0.2) is 4.39 Å². The van der Waals surface area contributed by atoms with E-state index in [0.717, 1.165) is 29.4 Å². The van der Waals surface area contributed by atoms with Crippen LogP contribution in [0.2, 0.25) is 0 Å². The zero-order valence-corrected chi connectivity index (χ0v) is 14.2.